The fourth-order valence-electron chi connectivity index (χ4n) is 2.74. The summed E-state index contributed by atoms with van der Waals surface area (Å²) in [6, 6.07) is 5.61. The predicted molar refractivity (Wildman–Crippen MR) is 68.4 cm³/mol. The van der Waals surface area contributed by atoms with Crippen LogP contribution in [0.1, 0.15) is 38.2 Å². The number of methoxy groups -OCH3 is 1. The molecule has 1 aliphatic carbocycles. The zero-order chi connectivity index (χ0) is 12.6. The van der Waals surface area contributed by atoms with E-state index in [1.807, 2.05) is 12.1 Å². The number of rotatable bonds is 4. The Morgan fingerprint density at radius 3 is 2.41 bits per heavy atom. The van der Waals surface area contributed by atoms with Crippen LogP contribution < -0.4 is 10.5 Å². The highest BCUT2D eigenvalue weighted by Gasteiger charge is 2.47. The van der Waals surface area contributed by atoms with E-state index in [0.29, 0.717) is 17.6 Å². The van der Waals surface area contributed by atoms with Gasteiger partial charge >= 0.3 is 0 Å². The molecule has 0 heterocycles. The van der Waals surface area contributed by atoms with Crippen molar-refractivity contribution in [2.45, 2.75) is 38.1 Å². The van der Waals surface area contributed by atoms with Crippen LogP contribution >= 0.6 is 0 Å². The minimum Gasteiger partial charge on any atom is -0.504 e. The highest BCUT2D eigenvalue weighted by Crippen LogP contribution is 2.49. The summed E-state index contributed by atoms with van der Waals surface area (Å²) in [6.45, 7) is 4.36. The highest BCUT2D eigenvalue weighted by atomic mass is 16.5. The van der Waals surface area contributed by atoms with Crippen LogP contribution in [0.5, 0.6) is 11.5 Å². The van der Waals surface area contributed by atoms with Gasteiger partial charge in [-0.2, -0.15) is 0 Å². The molecule has 0 spiro atoms. The van der Waals surface area contributed by atoms with Gasteiger partial charge < -0.3 is 15.6 Å². The Morgan fingerprint density at radius 2 is 2.00 bits per heavy atom. The molecule has 1 atom stereocenters. The first-order valence-corrected chi connectivity index (χ1v) is 6.14. The number of phenolic OH excluding ortho intramolecular Hbond substituents is 1. The van der Waals surface area contributed by atoms with Crippen LogP contribution in [-0.4, -0.2) is 17.8 Å². The summed E-state index contributed by atoms with van der Waals surface area (Å²) in [6.07, 6.45) is 2.14. The maximum Gasteiger partial charge on any atom is 0.160 e. The van der Waals surface area contributed by atoms with Crippen LogP contribution in [-0.2, 0) is 0 Å². The SMILES string of the molecule is COc1ccc(C(C(C)C)C2(N)CC2)cc1O. The molecule has 2 rings (SSSR count). The first-order chi connectivity index (χ1) is 7.98. The molecular formula is C14H21NO2. The third-order valence-corrected chi connectivity index (χ3v) is 3.68. The monoisotopic (exact) mass is 235 g/mol. The van der Waals surface area contributed by atoms with Crippen molar-refractivity contribution in [3.8, 4) is 11.5 Å². The molecular weight excluding hydrogens is 214 g/mol. The molecule has 0 bridgehead atoms. The molecule has 3 nitrogen and oxygen atoms in total. The molecule has 0 amide bonds. The third kappa shape index (κ3) is 2.25. The minimum absolute atomic E-state index is 0.0742. The summed E-state index contributed by atoms with van der Waals surface area (Å²) in [7, 11) is 1.56. The lowest BCUT2D eigenvalue weighted by Crippen LogP contribution is -2.33. The molecule has 0 aliphatic heterocycles. The maximum atomic E-state index is 9.84. The minimum atomic E-state index is -0.0742. The molecule has 3 heteroatoms. The lowest BCUT2D eigenvalue weighted by Gasteiger charge is -2.28. The largest absolute Gasteiger partial charge is 0.504 e. The van der Waals surface area contributed by atoms with E-state index in [1.165, 1.54) is 0 Å². The van der Waals surface area contributed by atoms with Crippen LogP contribution in [0.4, 0.5) is 0 Å². The van der Waals surface area contributed by atoms with Gasteiger partial charge in [-0.1, -0.05) is 19.9 Å². The Morgan fingerprint density at radius 1 is 1.35 bits per heavy atom. The molecule has 17 heavy (non-hydrogen) atoms. The van der Waals surface area contributed by atoms with E-state index in [0.717, 1.165) is 18.4 Å². The van der Waals surface area contributed by atoms with Gasteiger partial charge in [-0.05, 0) is 36.5 Å². The molecule has 0 radical (unpaired) electrons. The second-order valence-electron chi connectivity index (χ2n) is 5.39. The van der Waals surface area contributed by atoms with Gasteiger partial charge in [0.1, 0.15) is 0 Å². The van der Waals surface area contributed by atoms with E-state index in [4.69, 9.17) is 10.5 Å². The number of aromatic hydroxyl groups is 1. The van der Waals surface area contributed by atoms with Crippen molar-refractivity contribution in [2.75, 3.05) is 7.11 Å². The number of ether oxygens (including phenoxy) is 1. The molecule has 0 aromatic heterocycles. The van der Waals surface area contributed by atoms with Crippen molar-refractivity contribution >= 4 is 0 Å². The van der Waals surface area contributed by atoms with E-state index in [-0.39, 0.29) is 11.3 Å². The Bertz CT molecular complexity index is 411. The topological polar surface area (TPSA) is 55.5 Å². The molecule has 1 aromatic carbocycles. The first-order valence-electron chi connectivity index (χ1n) is 6.14. The fraction of sp³-hybridized carbons (Fsp3) is 0.571. The zero-order valence-electron chi connectivity index (χ0n) is 10.7. The van der Waals surface area contributed by atoms with Crippen LogP contribution in [0.25, 0.3) is 0 Å². The van der Waals surface area contributed by atoms with Crippen molar-refractivity contribution < 1.29 is 9.84 Å². The quantitative estimate of drug-likeness (QED) is 0.843. The Kier molecular flexibility index (Phi) is 3.04. The normalized spacial score (nSPS) is 19.1. The number of hydrogen-bond acceptors (Lipinski definition) is 3. The van der Waals surface area contributed by atoms with Crippen molar-refractivity contribution in [3.05, 3.63) is 23.8 Å². The van der Waals surface area contributed by atoms with E-state index in [2.05, 4.69) is 13.8 Å². The summed E-state index contributed by atoms with van der Waals surface area (Å²) < 4.78 is 5.06. The van der Waals surface area contributed by atoms with Gasteiger partial charge in [-0.15, -0.1) is 0 Å². The van der Waals surface area contributed by atoms with Crippen LogP contribution in [0.2, 0.25) is 0 Å². The Hall–Kier alpha value is -1.22. The average molecular weight is 235 g/mol. The van der Waals surface area contributed by atoms with E-state index in [9.17, 15) is 5.11 Å². The second-order valence-corrected chi connectivity index (χ2v) is 5.39. The second kappa shape index (κ2) is 4.22. The van der Waals surface area contributed by atoms with Gasteiger partial charge in [0.05, 0.1) is 7.11 Å². The van der Waals surface area contributed by atoms with Gasteiger partial charge in [0, 0.05) is 11.5 Å². The maximum absolute atomic E-state index is 9.84. The van der Waals surface area contributed by atoms with Crippen molar-refractivity contribution in [1.29, 1.82) is 0 Å². The van der Waals surface area contributed by atoms with Gasteiger partial charge in [-0.25, -0.2) is 0 Å². The van der Waals surface area contributed by atoms with Gasteiger partial charge in [0.15, 0.2) is 11.5 Å². The molecule has 1 aromatic rings. The van der Waals surface area contributed by atoms with E-state index < -0.39 is 0 Å². The fourth-order valence-corrected chi connectivity index (χ4v) is 2.74. The average Bonchev–Trinajstić information content (AvgIpc) is 2.96. The zero-order valence-corrected chi connectivity index (χ0v) is 10.7. The standard InChI is InChI=1S/C14H21NO2/c1-9(2)13(14(15)6-7-14)10-4-5-12(17-3)11(16)8-10/h4-5,8-9,13,16H,6-7,15H2,1-3H3. The predicted octanol–water partition coefficient (Wildman–Crippen LogP) is 2.63. The van der Waals surface area contributed by atoms with Crippen LogP contribution in [0.15, 0.2) is 18.2 Å². The molecule has 1 aliphatic rings. The number of hydrogen-bond donors (Lipinski definition) is 2. The summed E-state index contributed by atoms with van der Waals surface area (Å²) in [5, 5.41) is 9.84. The number of nitrogens with two attached hydrogens (primary N) is 1. The van der Waals surface area contributed by atoms with Gasteiger partial charge in [-0.3, -0.25) is 0 Å². The molecule has 1 fully saturated rings. The van der Waals surface area contributed by atoms with Crippen molar-refractivity contribution in [1.82, 2.24) is 0 Å². The van der Waals surface area contributed by atoms with Crippen LogP contribution in [0, 0.1) is 5.92 Å². The van der Waals surface area contributed by atoms with Crippen molar-refractivity contribution in [3.63, 3.8) is 0 Å². The summed E-state index contributed by atoms with van der Waals surface area (Å²) in [4.78, 5) is 0. The summed E-state index contributed by atoms with van der Waals surface area (Å²) >= 11 is 0. The third-order valence-electron chi connectivity index (χ3n) is 3.68. The summed E-state index contributed by atoms with van der Waals surface area (Å²) in [5.74, 6) is 1.48. The van der Waals surface area contributed by atoms with E-state index in [1.54, 1.807) is 13.2 Å². The molecule has 1 saturated carbocycles. The molecule has 94 valence electrons. The first kappa shape index (κ1) is 12.2. The molecule has 1 unspecified atom stereocenters. The summed E-state index contributed by atoms with van der Waals surface area (Å²) in [5.41, 5.74) is 7.37. The van der Waals surface area contributed by atoms with Crippen LogP contribution in [0.3, 0.4) is 0 Å². The smallest absolute Gasteiger partial charge is 0.160 e. The molecule has 0 saturated heterocycles. The Balaban J connectivity index is 2.34. The van der Waals surface area contributed by atoms with Gasteiger partial charge in [0.25, 0.3) is 0 Å². The number of phenols is 1. The van der Waals surface area contributed by atoms with Gasteiger partial charge in [0.2, 0.25) is 0 Å². The van der Waals surface area contributed by atoms with Crippen molar-refractivity contribution in [2.24, 2.45) is 11.7 Å². The lowest BCUT2D eigenvalue weighted by atomic mass is 9.81. The number of benzene rings is 1. The Labute approximate surface area is 103 Å². The lowest BCUT2D eigenvalue weighted by molar-refractivity contribution is 0.368. The molecule has 3 N–H and O–H groups in total. The highest BCUT2D eigenvalue weighted by molar-refractivity contribution is 5.44. The van der Waals surface area contributed by atoms with E-state index >= 15 is 0 Å².